The van der Waals surface area contributed by atoms with Crippen LogP contribution >= 0.6 is 0 Å². The highest BCUT2D eigenvalue weighted by atomic mass is 14.0. The molecule has 0 nitrogen and oxygen atoms in total. The van der Waals surface area contributed by atoms with Gasteiger partial charge in [-0.05, 0) is 12.8 Å². The molecule has 0 rings (SSSR count). The molecule has 0 aliphatic heterocycles. The molecule has 142 valence electrons. The molecule has 24 heavy (non-hydrogen) atoms. The number of unbranched alkanes of at least 4 members (excludes halogenated alkanes) is 18. The van der Waals surface area contributed by atoms with Crippen LogP contribution < -0.4 is 0 Å². The van der Waals surface area contributed by atoms with Crippen molar-refractivity contribution in [3.8, 4) is 11.8 Å². The van der Waals surface area contributed by atoms with Crippen molar-refractivity contribution in [2.75, 3.05) is 0 Å². The standard InChI is InChI=1S/C24H46/c1-3-5-7-9-11-13-15-17-19-21-23-24-22-20-18-16-14-12-10-8-6-4-2/h3-17,19,21-24H2,1-2H3. The second kappa shape index (κ2) is 22.6. The second-order valence-corrected chi connectivity index (χ2v) is 7.51. The van der Waals surface area contributed by atoms with E-state index >= 15 is 0 Å². The molecule has 0 amide bonds. The molecular weight excluding hydrogens is 288 g/mol. The molecule has 0 aliphatic rings. The summed E-state index contributed by atoms with van der Waals surface area (Å²) >= 11 is 0. The van der Waals surface area contributed by atoms with Crippen molar-refractivity contribution in [1.82, 2.24) is 0 Å². The molecule has 0 N–H and O–H groups in total. The van der Waals surface area contributed by atoms with E-state index in [2.05, 4.69) is 25.7 Å². The Kier molecular flexibility index (Phi) is 22.1. The third-order valence-electron chi connectivity index (χ3n) is 4.94. The summed E-state index contributed by atoms with van der Waals surface area (Å²) in [5.74, 6) is 6.74. The molecule has 0 aromatic carbocycles. The average molecular weight is 335 g/mol. The van der Waals surface area contributed by atoms with Crippen molar-refractivity contribution in [1.29, 1.82) is 0 Å². The molecule has 0 spiro atoms. The molecule has 0 fully saturated rings. The molecule has 0 saturated carbocycles. The van der Waals surface area contributed by atoms with Crippen molar-refractivity contribution < 1.29 is 0 Å². The summed E-state index contributed by atoms with van der Waals surface area (Å²) in [6, 6.07) is 0. The Labute approximate surface area is 154 Å². The molecule has 0 heterocycles. The van der Waals surface area contributed by atoms with Crippen LogP contribution in [0.15, 0.2) is 0 Å². The Morgan fingerprint density at radius 1 is 0.333 bits per heavy atom. The Bertz CT molecular complexity index is 267. The molecule has 0 aliphatic carbocycles. The highest BCUT2D eigenvalue weighted by Gasteiger charge is 1.93. The van der Waals surface area contributed by atoms with E-state index in [1.165, 1.54) is 116 Å². The van der Waals surface area contributed by atoms with Gasteiger partial charge >= 0.3 is 0 Å². The smallest absolute Gasteiger partial charge is 0.00886 e. The summed E-state index contributed by atoms with van der Waals surface area (Å²) in [6.07, 6.45) is 27.7. The lowest BCUT2D eigenvalue weighted by Gasteiger charge is -2.01. The molecule has 0 aromatic rings. The van der Waals surface area contributed by atoms with Crippen LogP contribution in [0.25, 0.3) is 0 Å². The predicted octanol–water partition coefficient (Wildman–Crippen LogP) is 8.83. The molecule has 0 heteroatoms. The Morgan fingerprint density at radius 2 is 0.583 bits per heavy atom. The van der Waals surface area contributed by atoms with E-state index in [1.54, 1.807) is 0 Å². The van der Waals surface area contributed by atoms with E-state index in [0.29, 0.717) is 0 Å². The zero-order chi connectivity index (χ0) is 17.6. The van der Waals surface area contributed by atoms with Crippen molar-refractivity contribution in [3.05, 3.63) is 0 Å². The van der Waals surface area contributed by atoms with Gasteiger partial charge in [-0.25, -0.2) is 0 Å². The lowest BCUT2D eigenvalue weighted by Crippen LogP contribution is -1.82. The summed E-state index contributed by atoms with van der Waals surface area (Å²) in [7, 11) is 0. The van der Waals surface area contributed by atoms with Crippen LogP contribution in [0.1, 0.15) is 142 Å². The molecule has 0 bridgehead atoms. The van der Waals surface area contributed by atoms with Gasteiger partial charge < -0.3 is 0 Å². The van der Waals surface area contributed by atoms with Gasteiger partial charge in [0.05, 0.1) is 0 Å². The summed E-state index contributed by atoms with van der Waals surface area (Å²) in [5, 5.41) is 0. The molecular formula is C24H46. The largest absolute Gasteiger partial charge is 0.103 e. The summed E-state index contributed by atoms with van der Waals surface area (Å²) in [4.78, 5) is 0. The fourth-order valence-corrected chi connectivity index (χ4v) is 3.22. The first-order valence-corrected chi connectivity index (χ1v) is 11.4. The minimum atomic E-state index is 1.13. The fourth-order valence-electron chi connectivity index (χ4n) is 3.22. The normalized spacial score (nSPS) is 10.6. The minimum absolute atomic E-state index is 1.13. The Balaban J connectivity index is 3.06. The Morgan fingerprint density at radius 3 is 0.875 bits per heavy atom. The molecule has 0 radical (unpaired) electrons. The third kappa shape index (κ3) is 21.6. The van der Waals surface area contributed by atoms with Crippen molar-refractivity contribution in [2.45, 2.75) is 142 Å². The van der Waals surface area contributed by atoms with E-state index in [-0.39, 0.29) is 0 Å². The van der Waals surface area contributed by atoms with Gasteiger partial charge in [0.25, 0.3) is 0 Å². The maximum Gasteiger partial charge on any atom is 0.00886 e. The van der Waals surface area contributed by atoms with Crippen molar-refractivity contribution in [3.63, 3.8) is 0 Å². The van der Waals surface area contributed by atoms with Crippen LogP contribution in [0.2, 0.25) is 0 Å². The van der Waals surface area contributed by atoms with Crippen LogP contribution in [0.4, 0.5) is 0 Å². The van der Waals surface area contributed by atoms with Crippen LogP contribution in [0.3, 0.4) is 0 Å². The maximum atomic E-state index is 3.37. The van der Waals surface area contributed by atoms with Gasteiger partial charge in [0.15, 0.2) is 0 Å². The zero-order valence-corrected chi connectivity index (χ0v) is 17.1. The quantitative estimate of drug-likeness (QED) is 0.173. The average Bonchev–Trinajstić information content (AvgIpc) is 2.60. The SMILES string of the molecule is CCCCCCCCC#CCCCCCCCCCCCCCC. The highest BCUT2D eigenvalue weighted by Crippen LogP contribution is 2.12. The molecule has 0 atom stereocenters. The van der Waals surface area contributed by atoms with Gasteiger partial charge in [0.1, 0.15) is 0 Å². The number of hydrogen-bond donors (Lipinski definition) is 0. The summed E-state index contributed by atoms with van der Waals surface area (Å²) in [5.41, 5.74) is 0. The van der Waals surface area contributed by atoms with Crippen molar-refractivity contribution in [2.24, 2.45) is 0 Å². The molecule has 0 aromatic heterocycles. The monoisotopic (exact) mass is 334 g/mol. The first-order chi connectivity index (χ1) is 11.9. The van der Waals surface area contributed by atoms with E-state index in [0.717, 1.165) is 12.8 Å². The number of rotatable bonds is 18. The zero-order valence-electron chi connectivity index (χ0n) is 17.1. The summed E-state index contributed by atoms with van der Waals surface area (Å²) < 4.78 is 0. The van der Waals surface area contributed by atoms with Gasteiger partial charge in [-0.1, -0.05) is 117 Å². The van der Waals surface area contributed by atoms with Crippen LogP contribution in [-0.2, 0) is 0 Å². The van der Waals surface area contributed by atoms with Gasteiger partial charge in [0, 0.05) is 12.8 Å². The van der Waals surface area contributed by atoms with Gasteiger partial charge in [0.2, 0.25) is 0 Å². The number of hydrogen-bond acceptors (Lipinski definition) is 0. The van der Waals surface area contributed by atoms with Crippen LogP contribution in [0.5, 0.6) is 0 Å². The molecule has 0 saturated heterocycles. The third-order valence-corrected chi connectivity index (χ3v) is 4.94. The molecule has 0 unspecified atom stereocenters. The van der Waals surface area contributed by atoms with E-state index in [4.69, 9.17) is 0 Å². The lowest BCUT2D eigenvalue weighted by atomic mass is 10.0. The highest BCUT2D eigenvalue weighted by molar-refractivity contribution is 4.98. The maximum absolute atomic E-state index is 3.37. The topological polar surface area (TPSA) is 0 Å². The van der Waals surface area contributed by atoms with Crippen LogP contribution in [0, 0.1) is 11.8 Å². The van der Waals surface area contributed by atoms with E-state index in [1.807, 2.05) is 0 Å². The van der Waals surface area contributed by atoms with Crippen molar-refractivity contribution >= 4 is 0 Å². The van der Waals surface area contributed by atoms with Gasteiger partial charge in [-0.3, -0.25) is 0 Å². The van der Waals surface area contributed by atoms with Gasteiger partial charge in [-0.15, -0.1) is 11.8 Å². The second-order valence-electron chi connectivity index (χ2n) is 7.51. The minimum Gasteiger partial charge on any atom is -0.103 e. The van der Waals surface area contributed by atoms with Gasteiger partial charge in [-0.2, -0.15) is 0 Å². The Hall–Kier alpha value is -0.440. The first kappa shape index (κ1) is 23.6. The predicted molar refractivity (Wildman–Crippen MR) is 111 cm³/mol. The van der Waals surface area contributed by atoms with Crippen LogP contribution in [-0.4, -0.2) is 0 Å². The fraction of sp³-hybridized carbons (Fsp3) is 0.917. The first-order valence-electron chi connectivity index (χ1n) is 11.4. The summed E-state index contributed by atoms with van der Waals surface area (Å²) in [6.45, 7) is 4.57. The van der Waals surface area contributed by atoms with E-state index < -0.39 is 0 Å². The lowest BCUT2D eigenvalue weighted by molar-refractivity contribution is 0.545. The van der Waals surface area contributed by atoms with E-state index in [9.17, 15) is 0 Å².